The smallest absolute Gasteiger partial charge is 0.0206 e. The molecule has 0 radical (unpaired) electrons. The van der Waals surface area contributed by atoms with E-state index in [1.807, 2.05) is 0 Å². The molecular weight excluding hydrogens is 300 g/mol. The highest BCUT2D eigenvalue weighted by Crippen LogP contribution is 2.41. The average Bonchev–Trinajstić information content (AvgIpc) is 2.61. The Morgan fingerprint density at radius 1 is 0.960 bits per heavy atom. The Morgan fingerprint density at radius 2 is 1.52 bits per heavy atom. The Bertz CT molecular complexity index is 338. The topological polar surface area (TPSA) is 0 Å². The summed E-state index contributed by atoms with van der Waals surface area (Å²) in [7, 11) is 0. The Labute approximate surface area is 160 Å². The maximum atomic E-state index is 4.27. The van der Waals surface area contributed by atoms with Gasteiger partial charge in [0.1, 0.15) is 0 Å². The van der Waals surface area contributed by atoms with Gasteiger partial charge in [0.05, 0.1) is 0 Å². The first kappa shape index (κ1) is 24.5. The molecule has 0 heteroatoms. The van der Waals surface area contributed by atoms with E-state index < -0.39 is 0 Å². The van der Waals surface area contributed by atoms with Crippen LogP contribution < -0.4 is 0 Å². The molecule has 148 valence electrons. The van der Waals surface area contributed by atoms with E-state index in [0.29, 0.717) is 5.92 Å². The molecule has 0 aromatic heterocycles. The van der Waals surface area contributed by atoms with E-state index in [1.54, 1.807) is 0 Å². The molecule has 1 aliphatic rings. The molecule has 0 saturated heterocycles. The molecule has 2 unspecified atom stereocenters. The zero-order valence-corrected chi connectivity index (χ0v) is 18.4. The minimum atomic E-state index is 0.682. The summed E-state index contributed by atoms with van der Waals surface area (Å²) in [5, 5.41) is 0. The highest BCUT2D eigenvalue weighted by molar-refractivity contribution is 5.03. The minimum Gasteiger partial charge on any atom is -0.0999 e. The van der Waals surface area contributed by atoms with Crippen LogP contribution in [0, 0.1) is 23.7 Å². The van der Waals surface area contributed by atoms with Gasteiger partial charge in [-0.15, -0.1) is 0 Å². The van der Waals surface area contributed by atoms with Crippen molar-refractivity contribution in [3.63, 3.8) is 0 Å². The number of allylic oxidation sites excluding steroid dienone is 3. The van der Waals surface area contributed by atoms with E-state index in [9.17, 15) is 0 Å². The van der Waals surface area contributed by atoms with Crippen molar-refractivity contribution in [2.45, 2.75) is 112 Å². The molecule has 0 nitrogen and oxygen atoms in total. The summed E-state index contributed by atoms with van der Waals surface area (Å²) in [6.07, 6.45) is 19.9. The number of hydrogen-bond donors (Lipinski definition) is 0. The fourth-order valence-electron chi connectivity index (χ4n) is 4.25. The summed E-state index contributed by atoms with van der Waals surface area (Å²) in [4.78, 5) is 0. The standard InChI is InChI=1S/C22H40.C3H8/c1-6-8-9-10-11-12-16-21(19(5)18(3)4)22-17-14-13-15-20(22)7-2;1-3-2/h13-14,19-22H,3,6-12,15-17H2,1-2,4-5H3;3H2,1-2H3/t19-,20?,21?,22+;/m1./s1. The van der Waals surface area contributed by atoms with Crippen molar-refractivity contribution in [1.29, 1.82) is 0 Å². The summed E-state index contributed by atoms with van der Waals surface area (Å²) < 4.78 is 0. The summed E-state index contributed by atoms with van der Waals surface area (Å²) >= 11 is 0. The second kappa shape index (κ2) is 15.7. The zero-order valence-electron chi connectivity index (χ0n) is 18.4. The third-order valence-electron chi connectivity index (χ3n) is 6.00. The van der Waals surface area contributed by atoms with Crippen molar-refractivity contribution in [3.05, 3.63) is 24.3 Å². The third kappa shape index (κ3) is 10.3. The van der Waals surface area contributed by atoms with Gasteiger partial charge < -0.3 is 0 Å². The van der Waals surface area contributed by atoms with Crippen LogP contribution >= 0.6 is 0 Å². The van der Waals surface area contributed by atoms with Crippen LogP contribution in [0.2, 0.25) is 0 Å². The molecular formula is C25H48. The molecule has 0 aromatic carbocycles. The van der Waals surface area contributed by atoms with Crippen molar-refractivity contribution >= 4 is 0 Å². The van der Waals surface area contributed by atoms with Crippen molar-refractivity contribution in [2.75, 3.05) is 0 Å². The van der Waals surface area contributed by atoms with Crippen LogP contribution in [0.15, 0.2) is 24.3 Å². The first-order valence-corrected chi connectivity index (χ1v) is 11.3. The largest absolute Gasteiger partial charge is 0.0999 e. The van der Waals surface area contributed by atoms with E-state index in [4.69, 9.17) is 0 Å². The van der Waals surface area contributed by atoms with Gasteiger partial charge in [0.2, 0.25) is 0 Å². The Hall–Kier alpha value is -0.520. The molecule has 0 saturated carbocycles. The third-order valence-corrected chi connectivity index (χ3v) is 6.00. The molecule has 0 bridgehead atoms. The highest BCUT2D eigenvalue weighted by atomic mass is 14.4. The van der Waals surface area contributed by atoms with E-state index in [0.717, 1.165) is 17.8 Å². The van der Waals surface area contributed by atoms with Crippen LogP contribution in [0.5, 0.6) is 0 Å². The van der Waals surface area contributed by atoms with E-state index in [1.165, 1.54) is 76.2 Å². The minimum absolute atomic E-state index is 0.682. The van der Waals surface area contributed by atoms with Crippen molar-refractivity contribution in [1.82, 2.24) is 0 Å². The van der Waals surface area contributed by atoms with Gasteiger partial charge in [0.25, 0.3) is 0 Å². The lowest BCUT2D eigenvalue weighted by molar-refractivity contribution is 0.161. The molecule has 4 atom stereocenters. The monoisotopic (exact) mass is 348 g/mol. The van der Waals surface area contributed by atoms with Gasteiger partial charge >= 0.3 is 0 Å². The number of unbranched alkanes of at least 4 members (excludes halogenated alkanes) is 5. The van der Waals surface area contributed by atoms with E-state index >= 15 is 0 Å². The van der Waals surface area contributed by atoms with Crippen molar-refractivity contribution < 1.29 is 0 Å². The van der Waals surface area contributed by atoms with Gasteiger partial charge in [-0.2, -0.15) is 0 Å². The number of rotatable bonds is 11. The number of hydrogen-bond acceptors (Lipinski definition) is 0. The van der Waals surface area contributed by atoms with Gasteiger partial charge in [-0.3, -0.25) is 0 Å². The Balaban J connectivity index is 0.00000178. The first-order valence-electron chi connectivity index (χ1n) is 11.3. The second-order valence-corrected chi connectivity index (χ2v) is 8.34. The Morgan fingerprint density at radius 3 is 2.08 bits per heavy atom. The first-order chi connectivity index (χ1) is 12.0. The maximum Gasteiger partial charge on any atom is -0.0206 e. The molecule has 25 heavy (non-hydrogen) atoms. The zero-order chi connectivity index (χ0) is 19.1. The van der Waals surface area contributed by atoms with Gasteiger partial charge in [0, 0.05) is 0 Å². The summed E-state index contributed by atoms with van der Waals surface area (Å²) in [5.41, 5.74) is 1.39. The summed E-state index contributed by atoms with van der Waals surface area (Å²) in [5.74, 6) is 3.31. The highest BCUT2D eigenvalue weighted by Gasteiger charge is 2.32. The lowest BCUT2D eigenvalue weighted by Gasteiger charge is -2.38. The van der Waals surface area contributed by atoms with Crippen molar-refractivity contribution in [3.8, 4) is 0 Å². The predicted octanol–water partition coefficient (Wildman–Crippen LogP) is 8.97. The van der Waals surface area contributed by atoms with Crippen LogP contribution in [-0.2, 0) is 0 Å². The van der Waals surface area contributed by atoms with Crippen LogP contribution in [0.25, 0.3) is 0 Å². The fraction of sp³-hybridized carbons (Fsp3) is 0.840. The molecule has 0 N–H and O–H groups in total. The van der Waals surface area contributed by atoms with E-state index in [-0.39, 0.29) is 0 Å². The lowest BCUT2D eigenvalue weighted by Crippen LogP contribution is -2.29. The van der Waals surface area contributed by atoms with Crippen LogP contribution in [0.3, 0.4) is 0 Å². The predicted molar refractivity (Wildman–Crippen MR) is 117 cm³/mol. The maximum absolute atomic E-state index is 4.27. The normalized spacial score (nSPS) is 22.0. The van der Waals surface area contributed by atoms with Crippen LogP contribution in [0.4, 0.5) is 0 Å². The molecule has 0 aromatic rings. The molecule has 0 spiro atoms. The molecule has 0 aliphatic heterocycles. The molecule has 1 rings (SSSR count). The van der Waals surface area contributed by atoms with Gasteiger partial charge in [-0.25, -0.2) is 0 Å². The summed E-state index contributed by atoms with van der Waals surface area (Å²) in [6, 6.07) is 0. The van der Waals surface area contributed by atoms with Gasteiger partial charge in [-0.05, 0) is 49.9 Å². The quantitative estimate of drug-likeness (QED) is 0.258. The molecule has 0 amide bonds. The molecule has 1 aliphatic carbocycles. The van der Waals surface area contributed by atoms with E-state index in [2.05, 4.69) is 60.3 Å². The van der Waals surface area contributed by atoms with Gasteiger partial charge in [0.15, 0.2) is 0 Å². The fourth-order valence-corrected chi connectivity index (χ4v) is 4.25. The average molecular weight is 349 g/mol. The van der Waals surface area contributed by atoms with Crippen LogP contribution in [0.1, 0.15) is 112 Å². The second-order valence-electron chi connectivity index (χ2n) is 8.34. The van der Waals surface area contributed by atoms with Crippen molar-refractivity contribution in [2.24, 2.45) is 23.7 Å². The SMILES string of the molecule is C=C(C)[C@@H](C)C(CCCCCCCC)[C@H]1CC=CCC1CC.CCC. The molecule has 0 fully saturated rings. The van der Waals surface area contributed by atoms with Gasteiger partial charge in [-0.1, -0.05) is 110 Å². The van der Waals surface area contributed by atoms with Crippen LogP contribution in [-0.4, -0.2) is 0 Å². The summed E-state index contributed by atoms with van der Waals surface area (Å²) in [6.45, 7) is 17.9. The Kier molecular flexibility index (Phi) is 15.4. The molecule has 0 heterocycles. The lowest BCUT2D eigenvalue weighted by atomic mass is 9.67.